The first kappa shape index (κ1) is 21.1. The molecule has 31 heavy (non-hydrogen) atoms. The molecule has 8 heteroatoms. The second-order valence-corrected chi connectivity index (χ2v) is 9.49. The maximum absolute atomic E-state index is 12.3. The number of amides is 2. The Morgan fingerprint density at radius 1 is 1.13 bits per heavy atom. The summed E-state index contributed by atoms with van der Waals surface area (Å²) in [6, 6.07) is 6.29. The lowest BCUT2D eigenvalue weighted by atomic mass is 10.1. The van der Waals surface area contributed by atoms with Gasteiger partial charge in [-0.05, 0) is 46.8 Å². The third-order valence-electron chi connectivity index (χ3n) is 5.52. The highest BCUT2D eigenvalue weighted by molar-refractivity contribution is 5.90. The first-order valence-corrected chi connectivity index (χ1v) is 10.6. The molecule has 164 valence electrons. The number of nitrogens with zero attached hydrogens (tertiary/aromatic N) is 4. The monoisotopic (exact) mass is 423 g/mol. The van der Waals surface area contributed by atoms with Crippen molar-refractivity contribution in [1.82, 2.24) is 25.0 Å². The number of nitrogens with one attached hydrogen (secondary N) is 1. The summed E-state index contributed by atoms with van der Waals surface area (Å²) in [4.78, 5) is 30.5. The highest BCUT2D eigenvalue weighted by Gasteiger charge is 2.57. The number of piperidine rings is 1. The highest BCUT2D eigenvalue weighted by atomic mass is 16.6. The van der Waals surface area contributed by atoms with Gasteiger partial charge in [0.15, 0.2) is 5.82 Å². The summed E-state index contributed by atoms with van der Waals surface area (Å²) in [6.45, 7) is 10.9. The van der Waals surface area contributed by atoms with Gasteiger partial charge in [0.1, 0.15) is 11.9 Å². The Bertz CT molecular complexity index is 1000. The molecule has 4 rings (SSSR count). The number of ether oxygens (including phenoxy) is 1. The normalized spacial score (nSPS) is 22.5. The molecule has 1 aromatic heterocycles. The van der Waals surface area contributed by atoms with E-state index in [9.17, 15) is 9.59 Å². The summed E-state index contributed by atoms with van der Waals surface area (Å²) < 4.78 is 6.95. The molecule has 2 aromatic rings. The van der Waals surface area contributed by atoms with E-state index in [0.29, 0.717) is 30.7 Å². The number of aromatic nitrogens is 3. The molecule has 1 aliphatic carbocycles. The van der Waals surface area contributed by atoms with Crippen LogP contribution < -0.4 is 5.32 Å². The molecular weight excluding hydrogens is 394 g/mol. The summed E-state index contributed by atoms with van der Waals surface area (Å²) in [5.74, 6) is 1.04. The van der Waals surface area contributed by atoms with Gasteiger partial charge < -0.3 is 15.0 Å². The lowest BCUT2D eigenvalue weighted by molar-refractivity contribution is -0.116. The zero-order chi connectivity index (χ0) is 22.3. The quantitative estimate of drug-likeness (QED) is 0.764. The Hall–Kier alpha value is -3.16. The second-order valence-electron chi connectivity index (χ2n) is 9.49. The molecule has 2 atom stereocenters. The molecule has 1 N–H and O–H groups in total. The number of benzene rings is 1. The Labute approximate surface area is 182 Å². The number of hydrogen-bond acceptors (Lipinski definition) is 5. The molecule has 1 aromatic carbocycles. The topological polar surface area (TPSA) is 89.4 Å². The molecule has 8 nitrogen and oxygen atoms in total. The second kappa shape index (κ2) is 7.83. The minimum absolute atomic E-state index is 0.109. The summed E-state index contributed by atoms with van der Waals surface area (Å²) in [5, 5.41) is 7.45. The minimum atomic E-state index is -0.498. The van der Waals surface area contributed by atoms with E-state index in [1.165, 1.54) is 10.8 Å². The van der Waals surface area contributed by atoms with Crippen LogP contribution in [0.15, 0.2) is 30.6 Å². The van der Waals surface area contributed by atoms with Crippen LogP contribution in [-0.2, 0) is 9.53 Å². The molecule has 1 saturated heterocycles. The maximum atomic E-state index is 12.3. The lowest BCUT2D eigenvalue weighted by Crippen LogP contribution is -2.39. The van der Waals surface area contributed by atoms with Gasteiger partial charge in [-0.1, -0.05) is 17.2 Å². The standard InChI is InChI=1S/C23H29N5O3/c1-14-8-15(2)10-16(9-14)21-24-13-28(26-21)7-6-19(29)25-20-17-11-27(12-18(17)20)22(30)31-23(3,4)5/h6-10,13,17-18,20H,11-12H2,1-5H3,(H,25,29)/b7-6-. The van der Waals surface area contributed by atoms with Crippen molar-refractivity contribution in [3.05, 3.63) is 41.7 Å². The first-order chi connectivity index (χ1) is 14.6. The molecule has 1 saturated carbocycles. The van der Waals surface area contributed by atoms with Crippen molar-refractivity contribution in [2.75, 3.05) is 13.1 Å². The van der Waals surface area contributed by atoms with E-state index in [1.807, 2.05) is 46.8 Å². The maximum Gasteiger partial charge on any atom is 0.410 e. The van der Waals surface area contributed by atoms with Crippen molar-refractivity contribution in [3.8, 4) is 11.4 Å². The van der Waals surface area contributed by atoms with Crippen molar-refractivity contribution < 1.29 is 14.3 Å². The zero-order valence-electron chi connectivity index (χ0n) is 18.6. The summed E-state index contributed by atoms with van der Waals surface area (Å²) >= 11 is 0. The molecule has 2 amide bonds. The van der Waals surface area contributed by atoms with Crippen LogP contribution in [-0.4, -0.2) is 56.4 Å². The van der Waals surface area contributed by atoms with E-state index in [1.54, 1.807) is 17.4 Å². The zero-order valence-corrected chi connectivity index (χ0v) is 18.6. The van der Waals surface area contributed by atoms with Gasteiger partial charge in [-0.3, -0.25) is 4.79 Å². The van der Waals surface area contributed by atoms with Crippen LogP contribution in [0.4, 0.5) is 4.79 Å². The molecule has 0 bridgehead atoms. The third kappa shape index (κ3) is 4.95. The molecule has 0 radical (unpaired) electrons. The molecule has 2 heterocycles. The molecular formula is C23H29N5O3. The van der Waals surface area contributed by atoms with E-state index < -0.39 is 5.60 Å². The van der Waals surface area contributed by atoms with E-state index in [-0.39, 0.29) is 18.0 Å². The first-order valence-electron chi connectivity index (χ1n) is 10.6. The minimum Gasteiger partial charge on any atom is -0.444 e. The number of hydrogen-bond donors (Lipinski definition) is 1. The van der Waals surface area contributed by atoms with Gasteiger partial charge in [-0.25, -0.2) is 14.5 Å². The van der Waals surface area contributed by atoms with E-state index >= 15 is 0 Å². The molecule has 2 fully saturated rings. The number of fused-ring (bicyclic) bond motifs is 1. The van der Waals surface area contributed by atoms with E-state index in [0.717, 1.165) is 16.7 Å². The molecule has 2 aliphatic rings. The predicted molar refractivity (Wildman–Crippen MR) is 117 cm³/mol. The summed E-state index contributed by atoms with van der Waals surface area (Å²) in [7, 11) is 0. The van der Waals surface area contributed by atoms with Gasteiger partial charge in [0.05, 0.1) is 0 Å². The van der Waals surface area contributed by atoms with Crippen molar-refractivity contribution in [3.63, 3.8) is 0 Å². The largest absolute Gasteiger partial charge is 0.444 e. The molecule has 2 unspecified atom stereocenters. The Balaban J connectivity index is 1.27. The van der Waals surface area contributed by atoms with Crippen LogP contribution in [0.3, 0.4) is 0 Å². The number of rotatable bonds is 4. The van der Waals surface area contributed by atoms with Crippen molar-refractivity contribution >= 4 is 18.2 Å². The van der Waals surface area contributed by atoms with Gasteiger partial charge >= 0.3 is 6.09 Å². The SMILES string of the molecule is Cc1cc(C)cc(-c2ncn(/C=C\C(=O)NC3C4CN(C(=O)OC(C)(C)C)CC43)n2)c1. The molecule has 1 aliphatic heterocycles. The van der Waals surface area contributed by atoms with Gasteiger partial charge in [0, 0.05) is 48.8 Å². The van der Waals surface area contributed by atoms with Crippen LogP contribution in [0, 0.1) is 25.7 Å². The Morgan fingerprint density at radius 3 is 2.39 bits per heavy atom. The lowest BCUT2D eigenvalue weighted by Gasteiger charge is -2.25. The predicted octanol–water partition coefficient (Wildman–Crippen LogP) is 3.01. The van der Waals surface area contributed by atoms with E-state index in [2.05, 4.69) is 21.5 Å². The fourth-order valence-corrected chi connectivity index (χ4v) is 4.16. The third-order valence-corrected chi connectivity index (χ3v) is 5.52. The fourth-order valence-electron chi connectivity index (χ4n) is 4.16. The summed E-state index contributed by atoms with van der Waals surface area (Å²) in [6.07, 6.45) is 4.36. The Kier molecular flexibility index (Phi) is 5.33. The number of likely N-dealkylation sites (tertiary alicyclic amines) is 1. The van der Waals surface area contributed by atoms with Crippen LogP contribution in [0.2, 0.25) is 0 Å². The van der Waals surface area contributed by atoms with Crippen LogP contribution in [0.5, 0.6) is 0 Å². The van der Waals surface area contributed by atoms with Crippen LogP contribution >= 0.6 is 0 Å². The van der Waals surface area contributed by atoms with Crippen molar-refractivity contribution in [2.24, 2.45) is 11.8 Å². The number of carbonyl (C=O) groups is 2. The van der Waals surface area contributed by atoms with Crippen LogP contribution in [0.1, 0.15) is 31.9 Å². The molecule has 0 spiro atoms. The van der Waals surface area contributed by atoms with Gasteiger partial charge in [0.25, 0.3) is 0 Å². The highest BCUT2D eigenvalue weighted by Crippen LogP contribution is 2.45. The van der Waals surface area contributed by atoms with Gasteiger partial charge in [0.2, 0.25) is 5.91 Å². The number of carbonyl (C=O) groups excluding carboxylic acids is 2. The number of aryl methyl sites for hydroxylation is 2. The van der Waals surface area contributed by atoms with Gasteiger partial charge in [-0.15, -0.1) is 5.10 Å². The van der Waals surface area contributed by atoms with E-state index in [4.69, 9.17) is 4.74 Å². The summed E-state index contributed by atoms with van der Waals surface area (Å²) in [5.41, 5.74) is 2.76. The average Bonchev–Trinajstić information content (AvgIpc) is 3.06. The van der Waals surface area contributed by atoms with Gasteiger partial charge in [-0.2, -0.15) is 0 Å². The average molecular weight is 424 g/mol. The smallest absolute Gasteiger partial charge is 0.410 e. The fraction of sp³-hybridized carbons (Fsp3) is 0.478. The Morgan fingerprint density at radius 2 is 1.77 bits per heavy atom. The van der Waals surface area contributed by atoms with Crippen LogP contribution in [0.25, 0.3) is 17.6 Å². The van der Waals surface area contributed by atoms with Crippen molar-refractivity contribution in [1.29, 1.82) is 0 Å². The van der Waals surface area contributed by atoms with Crippen molar-refractivity contribution in [2.45, 2.75) is 46.3 Å².